The number of nitrogens with zero attached hydrogens (tertiary/aromatic N) is 1. The van der Waals surface area contributed by atoms with E-state index in [-0.39, 0.29) is 0 Å². The third kappa shape index (κ3) is 4.75. The molecule has 106 valence electrons. The first kappa shape index (κ1) is 14.2. The lowest BCUT2D eigenvalue weighted by molar-refractivity contribution is 0.309. The van der Waals surface area contributed by atoms with Gasteiger partial charge in [0, 0.05) is 32.4 Å². The van der Waals surface area contributed by atoms with E-state index in [1.807, 2.05) is 26.2 Å². The van der Waals surface area contributed by atoms with Gasteiger partial charge in [-0.3, -0.25) is 0 Å². The second-order valence-corrected chi connectivity index (χ2v) is 5.59. The van der Waals surface area contributed by atoms with Crippen molar-refractivity contribution in [1.82, 2.24) is 5.32 Å². The van der Waals surface area contributed by atoms with Crippen LogP contribution in [-0.2, 0) is 0 Å². The number of hydrogen-bond acceptors (Lipinski definition) is 3. The highest BCUT2D eigenvalue weighted by atomic mass is 16.5. The van der Waals surface area contributed by atoms with Crippen molar-refractivity contribution in [2.24, 2.45) is 5.92 Å². The number of benzene rings is 1. The largest absolute Gasteiger partial charge is 0.492 e. The Bertz CT molecular complexity index is 373. The van der Waals surface area contributed by atoms with Gasteiger partial charge >= 0.3 is 0 Å². The van der Waals surface area contributed by atoms with Gasteiger partial charge < -0.3 is 15.0 Å². The lowest BCUT2D eigenvalue weighted by Crippen LogP contribution is -2.26. The van der Waals surface area contributed by atoms with Crippen LogP contribution in [0.25, 0.3) is 0 Å². The van der Waals surface area contributed by atoms with E-state index in [0.29, 0.717) is 0 Å². The van der Waals surface area contributed by atoms with Gasteiger partial charge in [-0.25, -0.2) is 0 Å². The summed E-state index contributed by atoms with van der Waals surface area (Å²) in [6.45, 7) is 2.83. The molecule has 3 nitrogen and oxygen atoms in total. The van der Waals surface area contributed by atoms with E-state index in [4.69, 9.17) is 4.74 Å². The summed E-state index contributed by atoms with van der Waals surface area (Å²) in [6.07, 6.45) is 5.64. The first-order chi connectivity index (χ1) is 9.25. The van der Waals surface area contributed by atoms with Crippen molar-refractivity contribution in [1.29, 1.82) is 0 Å². The quantitative estimate of drug-likeness (QED) is 0.765. The Morgan fingerprint density at radius 1 is 1.26 bits per heavy atom. The van der Waals surface area contributed by atoms with Crippen LogP contribution in [0.2, 0.25) is 0 Å². The summed E-state index contributed by atoms with van der Waals surface area (Å²) in [7, 11) is 4.09. The van der Waals surface area contributed by atoms with Gasteiger partial charge in [0.25, 0.3) is 0 Å². The van der Waals surface area contributed by atoms with Gasteiger partial charge in [-0.2, -0.15) is 0 Å². The molecule has 3 heteroatoms. The maximum absolute atomic E-state index is 5.77. The van der Waals surface area contributed by atoms with Crippen LogP contribution in [0.3, 0.4) is 0 Å². The molecule has 0 aromatic heterocycles. The first-order valence-electron chi connectivity index (χ1n) is 7.36. The minimum Gasteiger partial charge on any atom is -0.492 e. The summed E-state index contributed by atoms with van der Waals surface area (Å²) < 4.78 is 5.77. The summed E-state index contributed by atoms with van der Waals surface area (Å²) >= 11 is 0. The molecule has 0 heterocycles. The average molecular weight is 262 g/mol. The molecule has 0 atom stereocenters. The topological polar surface area (TPSA) is 24.5 Å². The highest BCUT2D eigenvalue weighted by molar-refractivity contribution is 5.49. The number of nitrogens with one attached hydrogen (secondary N) is 1. The van der Waals surface area contributed by atoms with Crippen LogP contribution >= 0.6 is 0 Å². The summed E-state index contributed by atoms with van der Waals surface area (Å²) in [5, 5.41) is 3.50. The third-order valence-corrected chi connectivity index (χ3v) is 3.79. The summed E-state index contributed by atoms with van der Waals surface area (Å²) in [5.74, 6) is 1.85. The van der Waals surface area contributed by atoms with Crippen LogP contribution in [0, 0.1) is 5.92 Å². The van der Waals surface area contributed by atoms with Crippen molar-refractivity contribution in [2.75, 3.05) is 38.7 Å². The van der Waals surface area contributed by atoms with Gasteiger partial charge in [0.05, 0.1) is 0 Å². The van der Waals surface area contributed by atoms with E-state index in [0.717, 1.165) is 31.4 Å². The monoisotopic (exact) mass is 262 g/mol. The lowest BCUT2D eigenvalue weighted by atomic mass is 10.1. The molecular weight excluding hydrogens is 236 g/mol. The molecule has 1 aromatic carbocycles. The zero-order chi connectivity index (χ0) is 13.5. The van der Waals surface area contributed by atoms with Crippen molar-refractivity contribution in [3.8, 4) is 5.75 Å². The maximum atomic E-state index is 5.77. The van der Waals surface area contributed by atoms with Gasteiger partial charge in [0.1, 0.15) is 12.4 Å². The van der Waals surface area contributed by atoms with Crippen molar-refractivity contribution in [3.63, 3.8) is 0 Å². The van der Waals surface area contributed by atoms with E-state index in [9.17, 15) is 0 Å². The molecule has 0 bridgehead atoms. The molecule has 1 saturated carbocycles. The second-order valence-electron chi connectivity index (χ2n) is 5.59. The van der Waals surface area contributed by atoms with Gasteiger partial charge in [0.15, 0.2) is 0 Å². The molecule has 1 aliphatic carbocycles. The molecular formula is C16H26N2O. The van der Waals surface area contributed by atoms with Crippen LogP contribution in [0.1, 0.15) is 25.7 Å². The summed E-state index contributed by atoms with van der Waals surface area (Å²) in [4.78, 5) is 2.09. The molecule has 0 amide bonds. The standard InChI is InChI=1S/C16H26N2O/c1-18(2)15-8-5-9-16(12-15)19-11-10-17-13-14-6-3-4-7-14/h5,8-9,12,14,17H,3-4,6-7,10-11,13H2,1-2H3. The minimum absolute atomic E-state index is 0.740. The average Bonchev–Trinajstić information content (AvgIpc) is 2.92. The molecule has 19 heavy (non-hydrogen) atoms. The van der Waals surface area contributed by atoms with Crippen LogP contribution in [0.5, 0.6) is 5.75 Å². The van der Waals surface area contributed by atoms with Crippen LogP contribution < -0.4 is 15.0 Å². The van der Waals surface area contributed by atoms with Gasteiger partial charge in [-0.15, -0.1) is 0 Å². The fourth-order valence-electron chi connectivity index (χ4n) is 2.61. The molecule has 1 aromatic rings. The fraction of sp³-hybridized carbons (Fsp3) is 0.625. The molecule has 0 aliphatic heterocycles. The predicted molar refractivity (Wildman–Crippen MR) is 81.1 cm³/mol. The normalized spacial score (nSPS) is 15.7. The zero-order valence-electron chi connectivity index (χ0n) is 12.2. The molecule has 0 saturated heterocycles. The summed E-state index contributed by atoms with van der Waals surface area (Å²) in [6, 6.07) is 8.22. The Hall–Kier alpha value is -1.22. The highest BCUT2D eigenvalue weighted by Crippen LogP contribution is 2.23. The van der Waals surface area contributed by atoms with E-state index in [2.05, 4.69) is 22.3 Å². The Morgan fingerprint density at radius 3 is 2.79 bits per heavy atom. The number of hydrogen-bond donors (Lipinski definition) is 1. The van der Waals surface area contributed by atoms with Crippen LogP contribution in [-0.4, -0.2) is 33.8 Å². The van der Waals surface area contributed by atoms with E-state index < -0.39 is 0 Å². The molecule has 1 aliphatic rings. The Labute approximate surface area is 116 Å². The van der Waals surface area contributed by atoms with Crippen LogP contribution in [0.4, 0.5) is 5.69 Å². The smallest absolute Gasteiger partial charge is 0.121 e. The van der Waals surface area contributed by atoms with Gasteiger partial charge in [0.2, 0.25) is 0 Å². The Morgan fingerprint density at radius 2 is 2.05 bits per heavy atom. The first-order valence-corrected chi connectivity index (χ1v) is 7.36. The molecule has 2 rings (SSSR count). The second kappa shape index (κ2) is 7.39. The fourth-order valence-corrected chi connectivity index (χ4v) is 2.61. The molecule has 0 radical (unpaired) electrons. The Balaban J connectivity index is 1.63. The number of anilines is 1. The number of rotatable bonds is 7. The van der Waals surface area contributed by atoms with Gasteiger partial charge in [-0.05, 0) is 37.4 Å². The van der Waals surface area contributed by atoms with E-state index in [1.54, 1.807) is 0 Å². The molecule has 0 unspecified atom stereocenters. The lowest BCUT2D eigenvalue weighted by Gasteiger charge is -2.14. The molecule has 1 fully saturated rings. The molecule has 0 spiro atoms. The zero-order valence-corrected chi connectivity index (χ0v) is 12.2. The van der Waals surface area contributed by atoms with Crippen molar-refractivity contribution < 1.29 is 4.74 Å². The van der Waals surface area contributed by atoms with Gasteiger partial charge in [-0.1, -0.05) is 18.9 Å². The van der Waals surface area contributed by atoms with Crippen molar-refractivity contribution >= 4 is 5.69 Å². The predicted octanol–water partition coefficient (Wildman–Crippen LogP) is 2.91. The molecule has 1 N–H and O–H groups in total. The highest BCUT2D eigenvalue weighted by Gasteiger charge is 2.13. The van der Waals surface area contributed by atoms with Crippen molar-refractivity contribution in [2.45, 2.75) is 25.7 Å². The SMILES string of the molecule is CN(C)c1cccc(OCCNCC2CCCC2)c1. The van der Waals surface area contributed by atoms with Crippen molar-refractivity contribution in [3.05, 3.63) is 24.3 Å². The third-order valence-electron chi connectivity index (χ3n) is 3.79. The van der Waals surface area contributed by atoms with Crippen LogP contribution in [0.15, 0.2) is 24.3 Å². The maximum Gasteiger partial charge on any atom is 0.121 e. The summed E-state index contributed by atoms with van der Waals surface area (Å²) in [5.41, 5.74) is 1.18. The van der Waals surface area contributed by atoms with E-state index in [1.165, 1.54) is 31.4 Å². The number of ether oxygens (including phenoxy) is 1. The minimum atomic E-state index is 0.740. The Kier molecular flexibility index (Phi) is 5.52. The van der Waals surface area contributed by atoms with E-state index >= 15 is 0 Å².